The highest BCUT2D eigenvalue weighted by Gasteiger charge is 2.22. The molecule has 1 atom stereocenters. The molecule has 0 spiro atoms. The Balaban J connectivity index is 0.00000272. The number of para-hydroxylation sites is 1. The number of carbonyl (C=O) groups excluding carboxylic acids is 2. The van der Waals surface area contributed by atoms with Gasteiger partial charge in [0.15, 0.2) is 0 Å². The summed E-state index contributed by atoms with van der Waals surface area (Å²) >= 11 is 5.90. The van der Waals surface area contributed by atoms with Gasteiger partial charge in [-0.05, 0) is 42.0 Å². The molecule has 0 saturated carbocycles. The number of primary amides is 1. The number of H-pyrrole nitrogens is 1. The summed E-state index contributed by atoms with van der Waals surface area (Å²) in [7, 11) is 0. The molecule has 2 heterocycles. The lowest BCUT2D eigenvalue weighted by Crippen LogP contribution is -2.45. The van der Waals surface area contributed by atoms with Crippen LogP contribution >= 0.6 is 11.6 Å². The number of rotatable bonds is 6. The smallest absolute Gasteiger partial charge is 0.254 e. The molecule has 0 fully saturated rings. The maximum Gasteiger partial charge on any atom is 0.254 e. The molecule has 8 heteroatoms. The Morgan fingerprint density at radius 3 is 2.45 bits per heavy atom. The van der Waals surface area contributed by atoms with Crippen molar-refractivity contribution in [1.82, 2.24) is 20.3 Å². The van der Waals surface area contributed by atoms with E-state index in [1.807, 2.05) is 18.2 Å². The number of amides is 2. The summed E-state index contributed by atoms with van der Waals surface area (Å²) < 4.78 is 0. The van der Waals surface area contributed by atoms with Gasteiger partial charge in [0.05, 0.1) is 11.1 Å². The number of fused-ring (bicyclic) bond motifs is 1. The molecule has 0 saturated heterocycles. The molecule has 0 radical (unpaired) electrons. The number of aromatic nitrogens is 3. The summed E-state index contributed by atoms with van der Waals surface area (Å²) in [6, 6.07) is 15.1. The molecule has 4 aromatic rings. The van der Waals surface area contributed by atoms with Gasteiger partial charge in [-0.15, -0.1) is 0 Å². The van der Waals surface area contributed by atoms with Gasteiger partial charge < -0.3 is 16.0 Å². The molecule has 0 aliphatic heterocycles. The third kappa shape index (κ3) is 4.90. The van der Waals surface area contributed by atoms with E-state index >= 15 is 0 Å². The molecular weight excluding hydrogens is 414 g/mol. The number of pyridine rings is 1. The second-order valence-corrected chi connectivity index (χ2v) is 7.22. The van der Waals surface area contributed by atoms with Gasteiger partial charge in [0.25, 0.3) is 5.91 Å². The van der Waals surface area contributed by atoms with Gasteiger partial charge >= 0.3 is 0 Å². The standard InChI is InChI=1S/C22H18ClN5O2.CH4/c23-15-6-4-13(5-7-15)12-18(20(24)29)27-22(30)16-2-1-3-17-19(16)28-21(26-17)14-8-10-25-11-9-14;/h1-11,18H,12H2,(H2,24,29)(H,26,28)(H,27,30);1H4/t18-;/m1./s1. The molecule has 7 nitrogen and oxygen atoms in total. The maximum absolute atomic E-state index is 13.0. The summed E-state index contributed by atoms with van der Waals surface area (Å²) in [5.74, 6) is -0.420. The number of benzene rings is 2. The molecule has 31 heavy (non-hydrogen) atoms. The van der Waals surface area contributed by atoms with E-state index in [0.29, 0.717) is 27.4 Å². The number of hydrogen-bond donors (Lipinski definition) is 3. The van der Waals surface area contributed by atoms with Crippen molar-refractivity contribution in [2.24, 2.45) is 5.73 Å². The fraction of sp³-hybridized carbons (Fsp3) is 0.130. The van der Waals surface area contributed by atoms with E-state index in [9.17, 15) is 9.59 Å². The van der Waals surface area contributed by atoms with Crippen LogP contribution in [0.4, 0.5) is 0 Å². The van der Waals surface area contributed by atoms with Gasteiger partial charge in [0, 0.05) is 29.4 Å². The molecule has 2 aromatic heterocycles. The summed E-state index contributed by atoms with van der Waals surface area (Å²) in [6.45, 7) is 0. The van der Waals surface area contributed by atoms with E-state index in [-0.39, 0.29) is 13.8 Å². The number of hydrogen-bond acceptors (Lipinski definition) is 4. The third-order valence-electron chi connectivity index (χ3n) is 4.71. The van der Waals surface area contributed by atoms with Crippen LogP contribution in [-0.4, -0.2) is 32.8 Å². The van der Waals surface area contributed by atoms with E-state index in [1.165, 1.54) is 0 Å². The molecule has 158 valence electrons. The van der Waals surface area contributed by atoms with Crippen molar-refractivity contribution >= 4 is 34.4 Å². The molecule has 4 N–H and O–H groups in total. The predicted molar refractivity (Wildman–Crippen MR) is 122 cm³/mol. The van der Waals surface area contributed by atoms with Gasteiger partial charge in [0.2, 0.25) is 5.91 Å². The Morgan fingerprint density at radius 2 is 1.77 bits per heavy atom. The van der Waals surface area contributed by atoms with Gasteiger partial charge in [-0.2, -0.15) is 0 Å². The van der Waals surface area contributed by atoms with Crippen molar-refractivity contribution in [3.8, 4) is 11.4 Å². The Morgan fingerprint density at radius 1 is 1.06 bits per heavy atom. The highest BCUT2D eigenvalue weighted by molar-refractivity contribution is 6.30. The first-order chi connectivity index (χ1) is 14.5. The molecule has 2 aromatic carbocycles. The lowest BCUT2D eigenvalue weighted by molar-refractivity contribution is -0.119. The van der Waals surface area contributed by atoms with Crippen molar-refractivity contribution < 1.29 is 9.59 Å². The second kappa shape index (κ2) is 9.40. The van der Waals surface area contributed by atoms with E-state index in [4.69, 9.17) is 17.3 Å². The molecule has 4 rings (SSSR count). The zero-order valence-corrected chi connectivity index (χ0v) is 16.6. The molecule has 0 aliphatic rings. The number of carbonyl (C=O) groups is 2. The van der Waals surface area contributed by atoms with Crippen LogP contribution in [-0.2, 0) is 11.2 Å². The highest BCUT2D eigenvalue weighted by atomic mass is 35.5. The minimum atomic E-state index is -0.868. The molecule has 0 unspecified atom stereocenters. The van der Waals surface area contributed by atoms with Crippen LogP contribution in [0.5, 0.6) is 0 Å². The lowest BCUT2D eigenvalue weighted by atomic mass is 10.0. The van der Waals surface area contributed by atoms with Crippen molar-refractivity contribution in [1.29, 1.82) is 0 Å². The first-order valence-electron chi connectivity index (χ1n) is 9.25. The van der Waals surface area contributed by atoms with Crippen LogP contribution in [0, 0.1) is 0 Å². The van der Waals surface area contributed by atoms with Crippen molar-refractivity contribution in [2.75, 3.05) is 0 Å². The predicted octanol–water partition coefficient (Wildman–Crippen LogP) is 3.74. The van der Waals surface area contributed by atoms with Crippen molar-refractivity contribution in [3.63, 3.8) is 0 Å². The maximum atomic E-state index is 13.0. The minimum Gasteiger partial charge on any atom is -0.368 e. The summed E-state index contributed by atoms with van der Waals surface area (Å²) in [5.41, 5.74) is 8.79. The quantitative estimate of drug-likeness (QED) is 0.428. The zero-order valence-electron chi connectivity index (χ0n) is 15.8. The Bertz CT molecular complexity index is 1210. The van der Waals surface area contributed by atoms with Crippen molar-refractivity contribution in [3.05, 3.63) is 83.1 Å². The minimum absolute atomic E-state index is 0. The van der Waals surface area contributed by atoms with Crippen LogP contribution in [0.1, 0.15) is 23.3 Å². The largest absolute Gasteiger partial charge is 0.368 e. The SMILES string of the molecule is C.NC(=O)[C@@H](Cc1ccc(Cl)cc1)NC(=O)c1cccc2[nH]c(-c3ccncc3)nc12. The fourth-order valence-corrected chi connectivity index (χ4v) is 3.30. The number of nitrogens with zero attached hydrogens (tertiary/aromatic N) is 2. The first kappa shape index (κ1) is 22.0. The molecule has 0 bridgehead atoms. The zero-order chi connectivity index (χ0) is 21.1. The molecular formula is C23H22ClN5O2. The molecule has 0 aliphatic carbocycles. The topological polar surface area (TPSA) is 114 Å². The molecule has 2 amide bonds. The normalized spacial score (nSPS) is 11.5. The average molecular weight is 436 g/mol. The number of aromatic amines is 1. The van der Waals surface area contributed by atoms with Crippen LogP contribution in [0.25, 0.3) is 22.4 Å². The van der Waals surface area contributed by atoms with Gasteiger partial charge in [-0.3, -0.25) is 14.6 Å². The number of nitrogens with two attached hydrogens (primary N) is 1. The number of nitrogens with one attached hydrogen (secondary N) is 2. The van der Waals surface area contributed by atoms with Gasteiger partial charge in [-0.25, -0.2) is 4.98 Å². The van der Waals surface area contributed by atoms with Crippen molar-refractivity contribution in [2.45, 2.75) is 19.9 Å². The van der Waals surface area contributed by atoms with E-state index in [2.05, 4.69) is 20.3 Å². The summed E-state index contributed by atoms with van der Waals surface area (Å²) in [4.78, 5) is 36.7. The Kier molecular flexibility index (Phi) is 6.67. The van der Waals surface area contributed by atoms with Gasteiger partial charge in [-0.1, -0.05) is 37.2 Å². The number of imidazole rings is 1. The first-order valence-corrected chi connectivity index (χ1v) is 9.63. The van der Waals surface area contributed by atoms with E-state index in [0.717, 1.165) is 11.1 Å². The second-order valence-electron chi connectivity index (χ2n) is 6.78. The fourth-order valence-electron chi connectivity index (χ4n) is 3.18. The number of halogens is 1. The highest BCUT2D eigenvalue weighted by Crippen LogP contribution is 2.22. The summed E-state index contributed by atoms with van der Waals surface area (Å²) in [5, 5.41) is 3.32. The lowest BCUT2D eigenvalue weighted by Gasteiger charge is -2.16. The van der Waals surface area contributed by atoms with Crippen LogP contribution in [0.15, 0.2) is 67.0 Å². The van der Waals surface area contributed by atoms with E-state index < -0.39 is 17.9 Å². The van der Waals surface area contributed by atoms with Crippen LogP contribution < -0.4 is 11.1 Å². The van der Waals surface area contributed by atoms with Gasteiger partial charge in [0.1, 0.15) is 17.4 Å². The van der Waals surface area contributed by atoms with E-state index in [1.54, 1.807) is 48.8 Å². The Hall–Kier alpha value is -3.71. The van der Waals surface area contributed by atoms with Crippen LogP contribution in [0.2, 0.25) is 5.02 Å². The van der Waals surface area contributed by atoms with Crippen LogP contribution in [0.3, 0.4) is 0 Å². The monoisotopic (exact) mass is 435 g/mol. The average Bonchev–Trinajstić information content (AvgIpc) is 3.19. The summed E-state index contributed by atoms with van der Waals surface area (Å²) in [6.07, 6.45) is 3.60. The Labute approximate surface area is 184 Å². The third-order valence-corrected chi connectivity index (χ3v) is 4.96.